The number of carbonyl (C=O) groups is 3. The van der Waals surface area contributed by atoms with Gasteiger partial charge in [-0.1, -0.05) is 209 Å². The Morgan fingerprint density at radius 1 is 0.317 bits per heavy atom. The van der Waals surface area contributed by atoms with Crippen molar-refractivity contribution in [2.75, 3.05) is 13.2 Å². The lowest BCUT2D eigenvalue weighted by atomic mass is 10.1. The molecule has 0 rings (SSSR count). The number of unbranched alkanes of at least 4 members (excludes halogenated alkanes) is 21. The van der Waals surface area contributed by atoms with Crippen molar-refractivity contribution >= 4 is 17.9 Å². The summed E-state index contributed by atoms with van der Waals surface area (Å²) in [7, 11) is 0. The van der Waals surface area contributed by atoms with E-state index in [2.05, 4.69) is 106 Å². The van der Waals surface area contributed by atoms with Gasteiger partial charge < -0.3 is 14.2 Å². The summed E-state index contributed by atoms with van der Waals surface area (Å²) in [5, 5.41) is 0. The molecule has 0 saturated heterocycles. The molecule has 63 heavy (non-hydrogen) atoms. The van der Waals surface area contributed by atoms with E-state index in [1.165, 1.54) is 103 Å². The molecule has 0 aromatic heterocycles. The molecule has 6 heteroatoms. The second kappa shape index (κ2) is 51.2. The molecule has 0 fully saturated rings. The topological polar surface area (TPSA) is 78.9 Å². The Labute approximate surface area is 388 Å². The molecule has 0 bridgehead atoms. The lowest BCUT2D eigenvalue weighted by Crippen LogP contribution is -2.30. The van der Waals surface area contributed by atoms with Gasteiger partial charge in [0.05, 0.1) is 0 Å². The number of ether oxygens (including phenoxy) is 3. The van der Waals surface area contributed by atoms with E-state index in [-0.39, 0.29) is 37.5 Å². The summed E-state index contributed by atoms with van der Waals surface area (Å²) in [5.74, 6) is -0.975. The van der Waals surface area contributed by atoms with Gasteiger partial charge in [0, 0.05) is 19.3 Å². The quantitative estimate of drug-likeness (QED) is 0.0262. The van der Waals surface area contributed by atoms with E-state index in [1.54, 1.807) is 0 Å². The number of esters is 3. The molecular weight excluding hydrogens is 781 g/mol. The van der Waals surface area contributed by atoms with Crippen LogP contribution in [0.3, 0.4) is 0 Å². The molecular formula is C57H96O6. The molecule has 1 atom stereocenters. The number of carbonyl (C=O) groups excluding carboxylic acids is 3. The van der Waals surface area contributed by atoms with Crippen molar-refractivity contribution < 1.29 is 28.6 Å². The smallest absolute Gasteiger partial charge is 0.306 e. The van der Waals surface area contributed by atoms with Crippen molar-refractivity contribution in [3.8, 4) is 0 Å². The van der Waals surface area contributed by atoms with Crippen LogP contribution < -0.4 is 0 Å². The molecule has 0 radical (unpaired) electrons. The molecule has 0 aliphatic carbocycles. The van der Waals surface area contributed by atoms with E-state index in [0.717, 1.165) is 89.9 Å². The molecule has 0 aromatic carbocycles. The summed E-state index contributed by atoms with van der Waals surface area (Å²) in [5.41, 5.74) is 0. The summed E-state index contributed by atoms with van der Waals surface area (Å²) in [6, 6.07) is 0. The first-order chi connectivity index (χ1) is 31.0. The van der Waals surface area contributed by atoms with Gasteiger partial charge in [0.2, 0.25) is 0 Å². The third-order valence-corrected chi connectivity index (χ3v) is 10.9. The third kappa shape index (κ3) is 49.5. The SMILES string of the molecule is CCCCC/C=C\C/C=C\C/C=C\C/C=C\CCCC(=O)O[C@@H](COC(=O)CCCCCCCC/C=C\C/C=C\C/C=C\CCCCC)COC(=O)CCCCCCCCCCC. The first kappa shape index (κ1) is 59.6. The van der Waals surface area contributed by atoms with Crippen molar-refractivity contribution in [2.24, 2.45) is 0 Å². The van der Waals surface area contributed by atoms with Crippen LogP contribution in [0.5, 0.6) is 0 Å². The number of hydrogen-bond donors (Lipinski definition) is 0. The van der Waals surface area contributed by atoms with Crippen LogP contribution in [-0.2, 0) is 28.6 Å². The van der Waals surface area contributed by atoms with Crippen LogP contribution in [0.1, 0.15) is 239 Å². The van der Waals surface area contributed by atoms with Gasteiger partial charge in [0.1, 0.15) is 13.2 Å². The minimum Gasteiger partial charge on any atom is -0.462 e. The van der Waals surface area contributed by atoms with Crippen molar-refractivity contribution in [1.82, 2.24) is 0 Å². The van der Waals surface area contributed by atoms with E-state index >= 15 is 0 Å². The van der Waals surface area contributed by atoms with E-state index in [4.69, 9.17) is 14.2 Å². The van der Waals surface area contributed by atoms with Gasteiger partial charge in [0.15, 0.2) is 6.10 Å². The number of allylic oxidation sites excluding steroid dienone is 14. The first-order valence-electron chi connectivity index (χ1n) is 26.1. The largest absolute Gasteiger partial charge is 0.462 e. The summed E-state index contributed by atoms with van der Waals surface area (Å²) in [6.45, 7) is 6.50. The zero-order chi connectivity index (χ0) is 45.8. The Morgan fingerprint density at radius 3 is 0.968 bits per heavy atom. The Hall–Kier alpha value is -3.41. The van der Waals surface area contributed by atoms with Crippen LogP contribution in [0.25, 0.3) is 0 Å². The maximum absolute atomic E-state index is 12.8. The number of hydrogen-bond acceptors (Lipinski definition) is 6. The van der Waals surface area contributed by atoms with Crippen molar-refractivity contribution in [3.63, 3.8) is 0 Å². The maximum Gasteiger partial charge on any atom is 0.306 e. The Kier molecular flexibility index (Phi) is 48.5. The third-order valence-electron chi connectivity index (χ3n) is 10.9. The van der Waals surface area contributed by atoms with Crippen molar-refractivity contribution in [3.05, 3.63) is 85.1 Å². The summed E-state index contributed by atoms with van der Waals surface area (Å²) in [6.07, 6.45) is 65.7. The van der Waals surface area contributed by atoms with E-state index in [0.29, 0.717) is 19.3 Å². The average molecular weight is 877 g/mol. The molecule has 0 aliphatic heterocycles. The Bertz CT molecular complexity index is 1240. The first-order valence-corrected chi connectivity index (χ1v) is 26.1. The lowest BCUT2D eigenvalue weighted by molar-refractivity contribution is -0.167. The van der Waals surface area contributed by atoms with E-state index in [9.17, 15) is 14.4 Å². The van der Waals surface area contributed by atoms with Gasteiger partial charge in [-0.15, -0.1) is 0 Å². The molecule has 0 aromatic rings. The molecule has 0 amide bonds. The highest BCUT2D eigenvalue weighted by atomic mass is 16.6. The fourth-order valence-electron chi connectivity index (χ4n) is 6.91. The monoisotopic (exact) mass is 877 g/mol. The van der Waals surface area contributed by atoms with Crippen LogP contribution in [0.4, 0.5) is 0 Å². The van der Waals surface area contributed by atoms with Gasteiger partial charge in [-0.2, -0.15) is 0 Å². The molecule has 0 N–H and O–H groups in total. The normalized spacial score (nSPS) is 12.7. The van der Waals surface area contributed by atoms with Crippen LogP contribution in [-0.4, -0.2) is 37.2 Å². The highest BCUT2D eigenvalue weighted by Crippen LogP contribution is 2.13. The standard InChI is InChI=1S/C57H96O6/c1-4-7-10-13-16-19-21-23-25-27-28-30-31-33-35-38-41-44-47-50-56(59)62-53-54(52-61-55(58)49-46-43-40-37-18-15-12-9-6-3)63-57(60)51-48-45-42-39-36-34-32-29-26-24-22-20-17-14-11-8-5-2/h16-17,19-20,23-26,28,30,32,34,39,42,54H,4-15,18,21-22,27,29,31,33,35-38,40-41,43-53H2,1-3H3/b19-16-,20-17-,25-23-,26-24-,30-28-,34-32-,42-39-/t54-/m1/s1. The molecule has 0 heterocycles. The number of rotatable bonds is 46. The van der Waals surface area contributed by atoms with Crippen LogP contribution >= 0.6 is 0 Å². The second-order valence-electron chi connectivity index (χ2n) is 17.1. The highest BCUT2D eigenvalue weighted by molar-refractivity contribution is 5.71. The highest BCUT2D eigenvalue weighted by Gasteiger charge is 2.19. The lowest BCUT2D eigenvalue weighted by Gasteiger charge is -2.18. The van der Waals surface area contributed by atoms with E-state index < -0.39 is 6.10 Å². The molecule has 0 unspecified atom stereocenters. The minimum absolute atomic E-state index is 0.102. The predicted octanol–water partition coefficient (Wildman–Crippen LogP) is 17.2. The predicted molar refractivity (Wildman–Crippen MR) is 270 cm³/mol. The fourth-order valence-corrected chi connectivity index (χ4v) is 6.91. The Morgan fingerprint density at radius 2 is 0.587 bits per heavy atom. The van der Waals surface area contributed by atoms with Crippen LogP contribution in [0.15, 0.2) is 85.1 Å². The molecule has 0 spiro atoms. The Balaban J connectivity index is 4.44. The summed E-state index contributed by atoms with van der Waals surface area (Å²) in [4.78, 5) is 37.9. The van der Waals surface area contributed by atoms with Gasteiger partial charge in [-0.3, -0.25) is 14.4 Å². The van der Waals surface area contributed by atoms with Crippen molar-refractivity contribution in [2.45, 2.75) is 245 Å². The summed E-state index contributed by atoms with van der Waals surface area (Å²) >= 11 is 0. The molecule has 0 aliphatic rings. The molecule has 360 valence electrons. The van der Waals surface area contributed by atoms with Crippen LogP contribution in [0, 0.1) is 0 Å². The van der Waals surface area contributed by atoms with Gasteiger partial charge in [-0.05, 0) is 96.3 Å². The van der Waals surface area contributed by atoms with Crippen LogP contribution in [0.2, 0.25) is 0 Å². The summed E-state index contributed by atoms with van der Waals surface area (Å²) < 4.78 is 16.7. The zero-order valence-corrected chi connectivity index (χ0v) is 41.1. The molecule has 0 saturated carbocycles. The second-order valence-corrected chi connectivity index (χ2v) is 17.1. The van der Waals surface area contributed by atoms with Gasteiger partial charge in [0.25, 0.3) is 0 Å². The average Bonchev–Trinajstić information content (AvgIpc) is 3.28. The van der Waals surface area contributed by atoms with Gasteiger partial charge >= 0.3 is 17.9 Å². The fraction of sp³-hybridized carbons (Fsp3) is 0.702. The van der Waals surface area contributed by atoms with Crippen molar-refractivity contribution in [1.29, 1.82) is 0 Å². The zero-order valence-electron chi connectivity index (χ0n) is 41.1. The molecule has 6 nitrogen and oxygen atoms in total. The minimum atomic E-state index is -0.808. The van der Waals surface area contributed by atoms with E-state index in [1.807, 2.05) is 0 Å². The van der Waals surface area contributed by atoms with Gasteiger partial charge in [-0.25, -0.2) is 0 Å². The maximum atomic E-state index is 12.8.